The summed E-state index contributed by atoms with van der Waals surface area (Å²) in [5, 5.41) is -0.344. The van der Waals surface area contributed by atoms with E-state index in [9.17, 15) is 13.6 Å². The Morgan fingerprint density at radius 1 is 0.947 bits per heavy atom. The summed E-state index contributed by atoms with van der Waals surface area (Å²) >= 11 is 11.5. The molecule has 19 heavy (non-hydrogen) atoms. The Bertz CT molecular complexity index is 641. The standard InChI is InChI=1S/C14H8Cl2F2O/c15-13-8(3-1-5-10(13)17)7-12(19)9-4-2-6-11(18)14(9)16/h1-6H,7H2. The second-order valence-corrected chi connectivity index (χ2v) is 4.67. The first-order chi connectivity index (χ1) is 9.00. The van der Waals surface area contributed by atoms with E-state index in [-0.39, 0.29) is 22.0 Å². The summed E-state index contributed by atoms with van der Waals surface area (Å²) in [6.07, 6.45) is -0.139. The molecule has 98 valence electrons. The molecule has 5 heteroatoms. The molecule has 0 amide bonds. The molecule has 0 spiro atoms. The van der Waals surface area contributed by atoms with E-state index in [1.807, 2.05) is 0 Å². The van der Waals surface area contributed by atoms with Gasteiger partial charge in [0.15, 0.2) is 5.78 Å². The number of benzene rings is 2. The Morgan fingerprint density at radius 2 is 1.53 bits per heavy atom. The van der Waals surface area contributed by atoms with E-state index < -0.39 is 17.4 Å². The van der Waals surface area contributed by atoms with Gasteiger partial charge in [0.1, 0.15) is 11.6 Å². The number of hydrogen-bond donors (Lipinski definition) is 0. The fraction of sp³-hybridized carbons (Fsp3) is 0.0714. The van der Waals surface area contributed by atoms with Crippen LogP contribution in [0, 0.1) is 11.6 Å². The van der Waals surface area contributed by atoms with E-state index in [2.05, 4.69) is 0 Å². The smallest absolute Gasteiger partial charge is 0.168 e. The van der Waals surface area contributed by atoms with Gasteiger partial charge in [-0.05, 0) is 23.8 Å². The first-order valence-corrected chi connectivity index (χ1v) is 6.16. The monoisotopic (exact) mass is 300 g/mol. The largest absolute Gasteiger partial charge is 0.294 e. The molecule has 0 saturated carbocycles. The second-order valence-electron chi connectivity index (χ2n) is 3.91. The van der Waals surface area contributed by atoms with Crippen LogP contribution in [0.15, 0.2) is 36.4 Å². The van der Waals surface area contributed by atoms with Gasteiger partial charge in [0.25, 0.3) is 0 Å². The molecular formula is C14H8Cl2F2O. The Balaban J connectivity index is 2.31. The van der Waals surface area contributed by atoms with Crippen LogP contribution in [0.5, 0.6) is 0 Å². The van der Waals surface area contributed by atoms with Crippen LogP contribution in [0.4, 0.5) is 8.78 Å². The van der Waals surface area contributed by atoms with Crippen molar-refractivity contribution < 1.29 is 13.6 Å². The summed E-state index contributed by atoms with van der Waals surface area (Å²) in [5.74, 6) is -1.69. The zero-order valence-corrected chi connectivity index (χ0v) is 11.1. The minimum absolute atomic E-state index is 0.0574. The highest BCUT2D eigenvalue weighted by molar-refractivity contribution is 6.34. The summed E-state index contributed by atoms with van der Waals surface area (Å²) in [5.41, 5.74) is 0.397. The van der Waals surface area contributed by atoms with E-state index in [1.54, 1.807) is 0 Å². The minimum atomic E-state index is -0.669. The van der Waals surface area contributed by atoms with Gasteiger partial charge in [-0.1, -0.05) is 41.4 Å². The van der Waals surface area contributed by atoms with Crippen molar-refractivity contribution in [2.24, 2.45) is 0 Å². The number of halogens is 4. The lowest BCUT2D eigenvalue weighted by Gasteiger charge is -2.06. The van der Waals surface area contributed by atoms with Crippen molar-refractivity contribution in [3.63, 3.8) is 0 Å². The van der Waals surface area contributed by atoms with Crippen LogP contribution in [-0.4, -0.2) is 5.78 Å². The van der Waals surface area contributed by atoms with E-state index in [4.69, 9.17) is 23.2 Å². The normalized spacial score (nSPS) is 10.5. The van der Waals surface area contributed by atoms with Gasteiger partial charge >= 0.3 is 0 Å². The number of carbonyl (C=O) groups excluding carboxylic acids is 1. The van der Waals surface area contributed by atoms with E-state index in [1.165, 1.54) is 30.3 Å². The molecule has 0 saturated heterocycles. The molecule has 0 heterocycles. The Labute approximate surface area is 118 Å². The number of ketones is 1. The summed E-state index contributed by atoms with van der Waals surface area (Å²) in [6, 6.07) is 8.16. The number of hydrogen-bond acceptors (Lipinski definition) is 1. The van der Waals surface area contributed by atoms with Crippen molar-refractivity contribution in [3.05, 3.63) is 69.2 Å². The van der Waals surface area contributed by atoms with E-state index >= 15 is 0 Å². The van der Waals surface area contributed by atoms with Gasteiger partial charge in [-0.2, -0.15) is 0 Å². The third-order valence-electron chi connectivity index (χ3n) is 2.63. The van der Waals surface area contributed by atoms with Crippen molar-refractivity contribution >= 4 is 29.0 Å². The van der Waals surface area contributed by atoms with Gasteiger partial charge in [0, 0.05) is 12.0 Å². The van der Waals surface area contributed by atoms with Crippen LogP contribution in [-0.2, 0) is 6.42 Å². The van der Waals surface area contributed by atoms with Crippen molar-refractivity contribution in [2.75, 3.05) is 0 Å². The lowest BCUT2D eigenvalue weighted by Crippen LogP contribution is -2.06. The van der Waals surface area contributed by atoms with Gasteiger partial charge in [0.05, 0.1) is 10.0 Å². The topological polar surface area (TPSA) is 17.1 Å². The van der Waals surface area contributed by atoms with Crippen LogP contribution in [0.1, 0.15) is 15.9 Å². The maximum atomic E-state index is 13.3. The van der Waals surface area contributed by atoms with Crippen molar-refractivity contribution in [1.82, 2.24) is 0 Å². The minimum Gasteiger partial charge on any atom is -0.294 e. The first-order valence-electron chi connectivity index (χ1n) is 5.41. The SMILES string of the molecule is O=C(Cc1cccc(F)c1Cl)c1cccc(F)c1Cl. The lowest BCUT2D eigenvalue weighted by atomic mass is 10.0. The molecule has 0 fully saturated rings. The molecule has 0 N–H and O–H groups in total. The fourth-order valence-corrected chi connectivity index (χ4v) is 2.10. The van der Waals surface area contributed by atoms with Crippen LogP contribution in [0.2, 0.25) is 10.0 Å². The molecule has 0 bridgehead atoms. The molecule has 0 aromatic heterocycles. The van der Waals surface area contributed by atoms with Gasteiger partial charge < -0.3 is 0 Å². The van der Waals surface area contributed by atoms with Crippen LogP contribution >= 0.6 is 23.2 Å². The maximum Gasteiger partial charge on any atom is 0.168 e. The number of rotatable bonds is 3. The third kappa shape index (κ3) is 2.94. The summed E-state index contributed by atoms with van der Waals surface area (Å²) in [6.45, 7) is 0. The zero-order chi connectivity index (χ0) is 14.0. The molecule has 1 nitrogen and oxygen atoms in total. The predicted molar refractivity (Wildman–Crippen MR) is 70.9 cm³/mol. The van der Waals surface area contributed by atoms with E-state index in [0.717, 1.165) is 6.07 Å². The zero-order valence-electron chi connectivity index (χ0n) is 9.59. The van der Waals surface area contributed by atoms with Gasteiger partial charge in [-0.15, -0.1) is 0 Å². The highest BCUT2D eigenvalue weighted by Gasteiger charge is 2.16. The molecule has 2 rings (SSSR count). The van der Waals surface area contributed by atoms with Crippen LogP contribution in [0.25, 0.3) is 0 Å². The average Bonchev–Trinajstić information content (AvgIpc) is 2.38. The van der Waals surface area contributed by atoms with Crippen molar-refractivity contribution in [2.45, 2.75) is 6.42 Å². The Hall–Kier alpha value is -1.45. The van der Waals surface area contributed by atoms with Gasteiger partial charge in [-0.3, -0.25) is 4.79 Å². The summed E-state index contributed by atoms with van der Waals surface area (Å²) < 4.78 is 26.5. The molecule has 0 aliphatic rings. The molecule has 0 aliphatic carbocycles. The lowest BCUT2D eigenvalue weighted by molar-refractivity contribution is 0.0992. The van der Waals surface area contributed by atoms with Crippen molar-refractivity contribution in [3.8, 4) is 0 Å². The Kier molecular flexibility index (Phi) is 4.17. The predicted octanol–water partition coefficient (Wildman–Crippen LogP) is 4.70. The highest BCUT2D eigenvalue weighted by atomic mass is 35.5. The van der Waals surface area contributed by atoms with Crippen LogP contribution in [0.3, 0.4) is 0 Å². The summed E-state index contributed by atoms with van der Waals surface area (Å²) in [7, 11) is 0. The number of Topliss-reactive ketones (excluding diaryl/α,β-unsaturated/α-hetero) is 1. The highest BCUT2D eigenvalue weighted by Crippen LogP contribution is 2.24. The van der Waals surface area contributed by atoms with Crippen molar-refractivity contribution in [1.29, 1.82) is 0 Å². The quantitative estimate of drug-likeness (QED) is 0.751. The fourth-order valence-electron chi connectivity index (χ4n) is 1.67. The van der Waals surface area contributed by atoms with E-state index in [0.29, 0.717) is 5.56 Å². The molecule has 0 aliphatic heterocycles. The molecule has 2 aromatic rings. The molecular weight excluding hydrogens is 293 g/mol. The van der Waals surface area contributed by atoms with Crippen LogP contribution < -0.4 is 0 Å². The Morgan fingerprint density at radius 3 is 2.21 bits per heavy atom. The number of carbonyl (C=O) groups is 1. The first kappa shape index (κ1) is 14.0. The summed E-state index contributed by atoms with van der Waals surface area (Å²) in [4.78, 5) is 12.0. The third-order valence-corrected chi connectivity index (χ3v) is 3.44. The molecule has 2 aromatic carbocycles. The molecule has 0 radical (unpaired) electrons. The second kappa shape index (κ2) is 5.68. The molecule has 0 atom stereocenters. The van der Waals surface area contributed by atoms with Gasteiger partial charge in [-0.25, -0.2) is 8.78 Å². The average molecular weight is 301 g/mol. The van der Waals surface area contributed by atoms with Gasteiger partial charge in [0.2, 0.25) is 0 Å². The maximum absolute atomic E-state index is 13.3. The molecule has 0 unspecified atom stereocenters.